The minimum Gasteiger partial charge on any atom is -0.313 e. The Kier molecular flexibility index (Phi) is 5.02. The van der Waals surface area contributed by atoms with Crippen molar-refractivity contribution in [3.8, 4) is 0 Å². The van der Waals surface area contributed by atoms with Crippen molar-refractivity contribution in [3.05, 3.63) is 89.3 Å². The largest absolute Gasteiger partial charge is 0.313 e. The monoisotopic (exact) mass is 369 g/mol. The molecular weight excluding hydrogens is 354 g/mol. The third-order valence-electron chi connectivity index (χ3n) is 3.62. The molecule has 0 fully saturated rings. The summed E-state index contributed by atoms with van der Waals surface area (Å²) < 4.78 is 1.08. The first-order valence-electron chi connectivity index (χ1n) is 7.71. The van der Waals surface area contributed by atoms with E-state index < -0.39 is 0 Å². The highest BCUT2D eigenvalue weighted by atomic mass is 35.5. The summed E-state index contributed by atoms with van der Waals surface area (Å²) in [6.07, 6.45) is 3.25. The van der Waals surface area contributed by atoms with Crippen LogP contribution < -0.4 is 14.8 Å². The number of aromatic nitrogens is 1. The Labute approximate surface area is 153 Å². The molecule has 0 saturated carbocycles. The lowest BCUT2D eigenvalue weighted by atomic mass is 10.0. The fourth-order valence-electron chi connectivity index (χ4n) is 2.55. The van der Waals surface area contributed by atoms with Gasteiger partial charge in [-0.3, -0.25) is 9.59 Å². The fraction of sp³-hybridized carbons (Fsp3) is 0.100. The molecule has 1 aromatic heterocycles. The van der Waals surface area contributed by atoms with Crippen LogP contribution in [0.4, 0.5) is 0 Å². The summed E-state index contributed by atoms with van der Waals surface area (Å²) >= 11 is 7.12. The molecule has 5 heteroatoms. The summed E-state index contributed by atoms with van der Waals surface area (Å²) in [5.41, 5.74) is 3.36. The first kappa shape index (κ1) is 17.4. The Morgan fingerprint density at radius 3 is 2.36 bits per heavy atom. The molecule has 0 spiro atoms. The van der Waals surface area contributed by atoms with E-state index in [1.165, 1.54) is 17.4 Å². The highest BCUT2D eigenvalue weighted by molar-refractivity contribution is 7.07. The third kappa shape index (κ3) is 4.35. The Bertz CT molecular complexity index is 1090. The number of halogens is 1. The van der Waals surface area contributed by atoms with Crippen LogP contribution in [0.25, 0.3) is 12.2 Å². The van der Waals surface area contributed by atoms with Gasteiger partial charge in [0.15, 0.2) is 5.78 Å². The number of aryl methyl sites for hydroxylation is 2. The quantitative estimate of drug-likeness (QED) is 0.721. The molecule has 0 saturated heterocycles. The fourth-order valence-corrected chi connectivity index (χ4v) is 3.57. The van der Waals surface area contributed by atoms with Gasteiger partial charge in [0.1, 0.15) is 0 Å². The summed E-state index contributed by atoms with van der Waals surface area (Å²) in [4.78, 5) is 27.3. The van der Waals surface area contributed by atoms with Crippen LogP contribution >= 0.6 is 22.9 Å². The molecule has 1 heterocycles. The zero-order valence-electron chi connectivity index (χ0n) is 13.8. The van der Waals surface area contributed by atoms with Crippen molar-refractivity contribution < 1.29 is 4.79 Å². The first-order chi connectivity index (χ1) is 11.9. The van der Waals surface area contributed by atoms with Gasteiger partial charge in [-0.05, 0) is 49.8 Å². The lowest BCUT2D eigenvalue weighted by molar-refractivity contribution is 0.106. The van der Waals surface area contributed by atoms with E-state index >= 15 is 0 Å². The second-order valence-corrected chi connectivity index (χ2v) is 7.39. The van der Waals surface area contributed by atoms with E-state index in [0.717, 1.165) is 16.7 Å². The number of rotatable bonds is 3. The zero-order chi connectivity index (χ0) is 18.0. The molecular formula is C20H16ClNO2S. The molecule has 0 radical (unpaired) electrons. The number of H-pyrrole nitrogens is 1. The van der Waals surface area contributed by atoms with Crippen molar-refractivity contribution in [1.82, 2.24) is 4.98 Å². The predicted molar refractivity (Wildman–Crippen MR) is 104 cm³/mol. The molecule has 0 amide bonds. The Balaban J connectivity index is 1.99. The molecule has 3 nitrogen and oxygen atoms in total. The topological polar surface area (TPSA) is 49.9 Å². The van der Waals surface area contributed by atoms with E-state index in [1.54, 1.807) is 18.2 Å². The summed E-state index contributed by atoms with van der Waals surface area (Å²) in [6, 6.07) is 12.9. The molecule has 0 bridgehead atoms. The number of ketones is 1. The van der Waals surface area contributed by atoms with Gasteiger partial charge in [0, 0.05) is 16.7 Å². The standard InChI is InChI=1S/C20H16ClNO2S/c1-12-7-13(2)9-15(8-12)17(23)11-19-22-20(24)18(25-19)10-14-3-5-16(21)6-4-14/h3-11H,1-2H3,(H,22,24)/b18-10+,19-11+. The van der Waals surface area contributed by atoms with Crippen molar-refractivity contribution >= 4 is 40.9 Å². The summed E-state index contributed by atoms with van der Waals surface area (Å²) in [5.74, 6) is -0.123. The maximum atomic E-state index is 12.4. The lowest BCUT2D eigenvalue weighted by Crippen LogP contribution is -2.20. The van der Waals surface area contributed by atoms with Gasteiger partial charge in [-0.25, -0.2) is 0 Å². The molecule has 126 valence electrons. The molecule has 3 aromatic rings. The minimum absolute atomic E-state index is 0.123. The van der Waals surface area contributed by atoms with Crippen LogP contribution in [0.2, 0.25) is 5.02 Å². The number of aromatic amines is 1. The van der Waals surface area contributed by atoms with Crippen LogP contribution in [0.5, 0.6) is 0 Å². The number of hydrogen-bond donors (Lipinski definition) is 1. The molecule has 2 aromatic carbocycles. The number of carbonyl (C=O) groups is 1. The maximum absolute atomic E-state index is 12.4. The van der Waals surface area contributed by atoms with Crippen LogP contribution in [-0.4, -0.2) is 10.8 Å². The minimum atomic E-state index is -0.209. The smallest absolute Gasteiger partial charge is 0.266 e. The van der Waals surface area contributed by atoms with Crippen LogP contribution in [0.15, 0.2) is 47.3 Å². The van der Waals surface area contributed by atoms with Gasteiger partial charge in [-0.2, -0.15) is 0 Å². The van der Waals surface area contributed by atoms with Gasteiger partial charge in [0.25, 0.3) is 5.56 Å². The van der Waals surface area contributed by atoms with Crippen LogP contribution in [0, 0.1) is 13.8 Å². The zero-order valence-corrected chi connectivity index (χ0v) is 15.4. The van der Waals surface area contributed by atoms with E-state index in [4.69, 9.17) is 11.6 Å². The second-order valence-electron chi connectivity index (χ2n) is 5.87. The number of thiazole rings is 1. The van der Waals surface area contributed by atoms with Gasteiger partial charge in [-0.1, -0.05) is 40.9 Å². The summed E-state index contributed by atoms with van der Waals surface area (Å²) in [6.45, 7) is 3.91. The summed E-state index contributed by atoms with van der Waals surface area (Å²) in [5, 5.41) is 0.644. The van der Waals surface area contributed by atoms with Crippen molar-refractivity contribution in [2.75, 3.05) is 0 Å². The van der Waals surface area contributed by atoms with Gasteiger partial charge >= 0.3 is 0 Å². The van der Waals surface area contributed by atoms with Gasteiger partial charge < -0.3 is 4.98 Å². The molecule has 25 heavy (non-hydrogen) atoms. The molecule has 0 aliphatic carbocycles. The van der Waals surface area contributed by atoms with E-state index in [0.29, 0.717) is 19.8 Å². The van der Waals surface area contributed by atoms with Crippen LogP contribution in [0.1, 0.15) is 27.0 Å². The van der Waals surface area contributed by atoms with Crippen LogP contribution in [-0.2, 0) is 0 Å². The molecule has 0 aliphatic rings. The van der Waals surface area contributed by atoms with E-state index in [9.17, 15) is 9.59 Å². The van der Waals surface area contributed by atoms with Crippen molar-refractivity contribution in [2.24, 2.45) is 0 Å². The SMILES string of the molecule is Cc1cc(C)cc(C(=O)/C=c2\[nH]c(=O)/c(=C\c3ccc(Cl)cc3)s2)c1. The lowest BCUT2D eigenvalue weighted by Gasteiger charge is -2.00. The number of carbonyl (C=O) groups excluding carboxylic acids is 1. The molecule has 0 atom stereocenters. The Morgan fingerprint density at radius 1 is 1.08 bits per heavy atom. The first-order valence-corrected chi connectivity index (χ1v) is 8.91. The third-order valence-corrected chi connectivity index (χ3v) is 4.83. The highest BCUT2D eigenvalue weighted by Crippen LogP contribution is 2.10. The number of nitrogens with one attached hydrogen (secondary N) is 1. The molecule has 3 rings (SSSR count). The van der Waals surface area contributed by atoms with Crippen LogP contribution in [0.3, 0.4) is 0 Å². The van der Waals surface area contributed by atoms with Gasteiger partial charge in [-0.15, -0.1) is 11.3 Å². The van der Waals surface area contributed by atoms with Gasteiger partial charge in [0.05, 0.1) is 9.20 Å². The summed E-state index contributed by atoms with van der Waals surface area (Å²) in [7, 11) is 0. The van der Waals surface area contributed by atoms with Crippen molar-refractivity contribution in [3.63, 3.8) is 0 Å². The second kappa shape index (κ2) is 7.21. The Morgan fingerprint density at radius 2 is 1.72 bits per heavy atom. The predicted octanol–water partition coefficient (Wildman–Crippen LogP) is 3.20. The molecule has 0 unspecified atom stereocenters. The number of hydrogen-bond acceptors (Lipinski definition) is 3. The van der Waals surface area contributed by atoms with Crippen molar-refractivity contribution in [2.45, 2.75) is 13.8 Å². The van der Waals surface area contributed by atoms with E-state index in [2.05, 4.69) is 4.98 Å². The normalized spacial score (nSPS) is 12.6. The Hall–Kier alpha value is -2.43. The molecule has 0 aliphatic heterocycles. The molecule has 1 N–H and O–H groups in total. The average molecular weight is 370 g/mol. The van der Waals surface area contributed by atoms with E-state index in [-0.39, 0.29) is 11.3 Å². The average Bonchev–Trinajstić information content (AvgIpc) is 2.88. The van der Waals surface area contributed by atoms with E-state index in [1.807, 2.05) is 44.2 Å². The number of Topliss-reactive ketones (excluding diaryl/α,β-unsaturated/α-hetero) is 1. The van der Waals surface area contributed by atoms with Gasteiger partial charge in [0.2, 0.25) is 0 Å². The highest BCUT2D eigenvalue weighted by Gasteiger charge is 2.05. The van der Waals surface area contributed by atoms with Crippen molar-refractivity contribution in [1.29, 1.82) is 0 Å². The number of benzene rings is 2. The maximum Gasteiger partial charge on any atom is 0.266 e.